The Kier molecular flexibility index (Phi) is 3.06. The molecule has 2 fully saturated rings. The van der Waals surface area contributed by atoms with Crippen LogP contribution in [0.5, 0.6) is 0 Å². The first-order valence-electron chi connectivity index (χ1n) is 5.80. The van der Waals surface area contributed by atoms with Gasteiger partial charge in [0.1, 0.15) is 0 Å². The molecule has 0 bridgehead atoms. The number of carbonyl (C=O) groups is 1. The minimum atomic E-state index is 0.260. The molecular formula is C11H20N2O. The maximum atomic E-state index is 12.1. The van der Waals surface area contributed by atoms with Crippen molar-refractivity contribution in [2.24, 2.45) is 5.92 Å². The molecule has 1 amide bonds. The fourth-order valence-corrected chi connectivity index (χ4v) is 2.53. The zero-order chi connectivity index (χ0) is 9.97. The summed E-state index contributed by atoms with van der Waals surface area (Å²) in [5.74, 6) is 0.651. The standard InChI is InChI=1S/C11H20N2O/c1-9-4-2-3-7-13(9)11(14)10-5-6-12-8-10/h9-10,12H,2-8H2,1H3/t9-,10-/m0/s1. The van der Waals surface area contributed by atoms with E-state index in [1.807, 2.05) is 0 Å². The van der Waals surface area contributed by atoms with Crippen LogP contribution in [0.2, 0.25) is 0 Å². The zero-order valence-electron chi connectivity index (χ0n) is 8.96. The van der Waals surface area contributed by atoms with Crippen molar-refractivity contribution in [3.63, 3.8) is 0 Å². The van der Waals surface area contributed by atoms with Gasteiger partial charge in [-0.05, 0) is 39.2 Å². The molecule has 2 saturated heterocycles. The van der Waals surface area contributed by atoms with Gasteiger partial charge in [0, 0.05) is 19.1 Å². The van der Waals surface area contributed by atoms with Gasteiger partial charge in [0.2, 0.25) is 5.91 Å². The van der Waals surface area contributed by atoms with E-state index in [1.165, 1.54) is 19.3 Å². The third-order valence-corrected chi connectivity index (χ3v) is 3.50. The lowest BCUT2D eigenvalue weighted by molar-refractivity contribution is -0.138. The summed E-state index contributed by atoms with van der Waals surface area (Å²) >= 11 is 0. The molecule has 80 valence electrons. The Bertz CT molecular complexity index is 211. The lowest BCUT2D eigenvalue weighted by Gasteiger charge is -2.35. The van der Waals surface area contributed by atoms with Gasteiger partial charge in [-0.1, -0.05) is 0 Å². The zero-order valence-corrected chi connectivity index (χ0v) is 8.96. The maximum absolute atomic E-state index is 12.1. The third kappa shape index (κ3) is 1.92. The predicted octanol–water partition coefficient (Wildman–Crippen LogP) is 0.997. The number of hydrogen-bond acceptors (Lipinski definition) is 2. The molecule has 3 heteroatoms. The average molecular weight is 196 g/mol. The van der Waals surface area contributed by atoms with Crippen molar-refractivity contribution in [3.05, 3.63) is 0 Å². The molecule has 0 aromatic carbocycles. The second kappa shape index (κ2) is 4.30. The van der Waals surface area contributed by atoms with E-state index in [0.29, 0.717) is 11.9 Å². The lowest BCUT2D eigenvalue weighted by atomic mass is 10.00. The van der Waals surface area contributed by atoms with Crippen molar-refractivity contribution in [2.75, 3.05) is 19.6 Å². The van der Waals surface area contributed by atoms with E-state index in [-0.39, 0.29) is 5.92 Å². The summed E-state index contributed by atoms with van der Waals surface area (Å²) in [6.07, 6.45) is 4.69. The van der Waals surface area contributed by atoms with E-state index in [0.717, 1.165) is 26.1 Å². The van der Waals surface area contributed by atoms with E-state index in [1.54, 1.807) is 0 Å². The summed E-state index contributed by atoms with van der Waals surface area (Å²) in [4.78, 5) is 14.2. The minimum Gasteiger partial charge on any atom is -0.340 e. The van der Waals surface area contributed by atoms with Gasteiger partial charge in [-0.2, -0.15) is 0 Å². The Balaban J connectivity index is 1.94. The van der Waals surface area contributed by atoms with E-state index in [9.17, 15) is 4.79 Å². The Morgan fingerprint density at radius 1 is 1.36 bits per heavy atom. The van der Waals surface area contributed by atoms with Gasteiger partial charge in [0.05, 0.1) is 5.92 Å². The molecule has 0 spiro atoms. The summed E-state index contributed by atoms with van der Waals surface area (Å²) in [5.41, 5.74) is 0. The molecule has 2 heterocycles. The van der Waals surface area contributed by atoms with Gasteiger partial charge >= 0.3 is 0 Å². The highest BCUT2D eigenvalue weighted by Crippen LogP contribution is 2.20. The van der Waals surface area contributed by atoms with Gasteiger partial charge in [-0.3, -0.25) is 4.79 Å². The highest BCUT2D eigenvalue weighted by Gasteiger charge is 2.30. The smallest absolute Gasteiger partial charge is 0.227 e. The Morgan fingerprint density at radius 3 is 2.86 bits per heavy atom. The van der Waals surface area contributed by atoms with Crippen LogP contribution >= 0.6 is 0 Å². The predicted molar refractivity (Wildman–Crippen MR) is 56.0 cm³/mol. The summed E-state index contributed by atoms with van der Waals surface area (Å²) in [7, 11) is 0. The van der Waals surface area contributed by atoms with Crippen LogP contribution < -0.4 is 5.32 Å². The van der Waals surface area contributed by atoms with Crippen LogP contribution in [-0.4, -0.2) is 36.5 Å². The molecule has 1 N–H and O–H groups in total. The molecule has 2 aliphatic rings. The largest absolute Gasteiger partial charge is 0.340 e. The van der Waals surface area contributed by atoms with Crippen molar-refractivity contribution in [1.82, 2.24) is 10.2 Å². The second-order valence-corrected chi connectivity index (χ2v) is 4.57. The van der Waals surface area contributed by atoms with Crippen molar-refractivity contribution < 1.29 is 4.79 Å². The molecule has 0 aromatic heterocycles. The highest BCUT2D eigenvalue weighted by atomic mass is 16.2. The summed E-state index contributed by atoms with van der Waals surface area (Å²) in [5, 5.41) is 3.26. The molecule has 2 atom stereocenters. The average Bonchev–Trinajstić information content (AvgIpc) is 2.70. The number of nitrogens with one attached hydrogen (secondary N) is 1. The number of hydrogen-bond donors (Lipinski definition) is 1. The van der Waals surface area contributed by atoms with Gasteiger partial charge in [-0.25, -0.2) is 0 Å². The molecule has 0 unspecified atom stereocenters. The highest BCUT2D eigenvalue weighted by molar-refractivity contribution is 5.79. The van der Waals surface area contributed by atoms with Gasteiger partial charge in [0.15, 0.2) is 0 Å². The lowest BCUT2D eigenvalue weighted by Crippen LogP contribution is -2.45. The van der Waals surface area contributed by atoms with E-state index in [4.69, 9.17) is 0 Å². The van der Waals surface area contributed by atoms with Crippen LogP contribution in [0.4, 0.5) is 0 Å². The first kappa shape index (κ1) is 9.97. The molecular weight excluding hydrogens is 176 g/mol. The topological polar surface area (TPSA) is 32.3 Å². The number of carbonyl (C=O) groups excluding carboxylic acids is 1. The molecule has 2 aliphatic heterocycles. The molecule has 2 rings (SSSR count). The van der Waals surface area contributed by atoms with Crippen LogP contribution in [0.15, 0.2) is 0 Å². The molecule has 0 saturated carbocycles. The van der Waals surface area contributed by atoms with Crippen molar-refractivity contribution >= 4 is 5.91 Å². The Morgan fingerprint density at radius 2 is 2.21 bits per heavy atom. The first-order valence-corrected chi connectivity index (χ1v) is 5.80. The second-order valence-electron chi connectivity index (χ2n) is 4.57. The van der Waals surface area contributed by atoms with E-state index < -0.39 is 0 Å². The summed E-state index contributed by atoms with van der Waals surface area (Å²) < 4.78 is 0. The fourth-order valence-electron chi connectivity index (χ4n) is 2.53. The third-order valence-electron chi connectivity index (χ3n) is 3.50. The fraction of sp³-hybridized carbons (Fsp3) is 0.909. The maximum Gasteiger partial charge on any atom is 0.227 e. The SMILES string of the molecule is C[C@H]1CCCCN1C(=O)[C@H]1CCNC1. The number of nitrogens with zero attached hydrogens (tertiary/aromatic N) is 1. The van der Waals surface area contributed by atoms with E-state index >= 15 is 0 Å². The van der Waals surface area contributed by atoms with Crippen LogP contribution in [0.25, 0.3) is 0 Å². The number of amides is 1. The molecule has 3 nitrogen and oxygen atoms in total. The first-order chi connectivity index (χ1) is 6.79. The number of piperidine rings is 1. The van der Waals surface area contributed by atoms with Crippen LogP contribution in [0.3, 0.4) is 0 Å². The van der Waals surface area contributed by atoms with Crippen LogP contribution in [0, 0.1) is 5.92 Å². The van der Waals surface area contributed by atoms with Crippen molar-refractivity contribution in [1.29, 1.82) is 0 Å². The quantitative estimate of drug-likeness (QED) is 0.678. The van der Waals surface area contributed by atoms with Gasteiger partial charge in [-0.15, -0.1) is 0 Å². The number of rotatable bonds is 1. The molecule has 0 aliphatic carbocycles. The normalized spacial score (nSPS) is 33.4. The summed E-state index contributed by atoms with van der Waals surface area (Å²) in [6.45, 7) is 5.07. The van der Waals surface area contributed by atoms with Gasteiger partial charge < -0.3 is 10.2 Å². The number of likely N-dealkylation sites (tertiary alicyclic amines) is 1. The van der Waals surface area contributed by atoms with Crippen molar-refractivity contribution in [3.8, 4) is 0 Å². The van der Waals surface area contributed by atoms with Crippen LogP contribution in [-0.2, 0) is 4.79 Å². The monoisotopic (exact) mass is 196 g/mol. The van der Waals surface area contributed by atoms with Crippen molar-refractivity contribution in [2.45, 2.75) is 38.6 Å². The van der Waals surface area contributed by atoms with Crippen LogP contribution in [0.1, 0.15) is 32.6 Å². The Hall–Kier alpha value is -0.570. The van der Waals surface area contributed by atoms with E-state index in [2.05, 4.69) is 17.1 Å². The molecule has 0 aromatic rings. The van der Waals surface area contributed by atoms with Gasteiger partial charge in [0.25, 0.3) is 0 Å². The Labute approximate surface area is 85.8 Å². The molecule has 0 radical (unpaired) electrons. The molecule has 14 heavy (non-hydrogen) atoms. The minimum absolute atomic E-state index is 0.260. The summed E-state index contributed by atoms with van der Waals surface area (Å²) in [6, 6.07) is 0.469.